The van der Waals surface area contributed by atoms with E-state index >= 15 is 0 Å². The summed E-state index contributed by atoms with van der Waals surface area (Å²) in [5.41, 5.74) is 0.856. The normalized spacial score (nSPS) is 11.0. The van der Waals surface area contributed by atoms with Gasteiger partial charge in [0, 0.05) is 18.9 Å². The minimum absolute atomic E-state index is 0.115. The van der Waals surface area contributed by atoms with Gasteiger partial charge < -0.3 is 14.5 Å². The Bertz CT molecular complexity index is 758. The van der Waals surface area contributed by atoms with Gasteiger partial charge in [0.2, 0.25) is 17.7 Å². The standard InChI is InChI=1S/C27H43N3O3/c1-3-4-5-6-7-8-9-10-11-12-13-14-15-16-26(31)28-21-22-32-25-19-17-24(18-20-25)27-30-29-23(2)33-27/h17-20H,3-16,21-22H2,1-2H3,(H,28,31). The maximum absolute atomic E-state index is 12.0. The third kappa shape index (κ3) is 12.4. The van der Waals surface area contributed by atoms with E-state index in [4.69, 9.17) is 9.15 Å². The lowest BCUT2D eigenvalue weighted by atomic mass is 10.0. The maximum atomic E-state index is 12.0. The van der Waals surface area contributed by atoms with Gasteiger partial charge in [0.1, 0.15) is 12.4 Å². The van der Waals surface area contributed by atoms with E-state index in [1.807, 2.05) is 24.3 Å². The zero-order chi connectivity index (χ0) is 23.6. The van der Waals surface area contributed by atoms with E-state index in [1.165, 1.54) is 70.6 Å². The van der Waals surface area contributed by atoms with E-state index in [-0.39, 0.29) is 5.91 Å². The first-order valence-corrected chi connectivity index (χ1v) is 13.0. The minimum atomic E-state index is 0.115. The van der Waals surface area contributed by atoms with Crippen LogP contribution in [0.3, 0.4) is 0 Å². The second-order valence-electron chi connectivity index (χ2n) is 8.84. The predicted octanol–water partition coefficient (Wildman–Crippen LogP) is 7.02. The molecule has 1 aromatic heterocycles. The van der Waals surface area contributed by atoms with Crippen molar-refractivity contribution in [1.29, 1.82) is 0 Å². The summed E-state index contributed by atoms with van der Waals surface area (Å²) in [6.07, 6.45) is 17.7. The Hall–Kier alpha value is -2.37. The van der Waals surface area contributed by atoms with Gasteiger partial charge >= 0.3 is 0 Å². The Kier molecular flexibility index (Phi) is 14.0. The lowest BCUT2D eigenvalue weighted by Crippen LogP contribution is -2.27. The Balaban J connectivity index is 1.39. The number of unbranched alkanes of at least 4 members (excludes halogenated alkanes) is 12. The van der Waals surface area contributed by atoms with E-state index in [2.05, 4.69) is 22.4 Å². The average molecular weight is 458 g/mol. The van der Waals surface area contributed by atoms with Crippen LogP contribution in [0, 0.1) is 6.92 Å². The summed E-state index contributed by atoms with van der Waals surface area (Å²) >= 11 is 0. The van der Waals surface area contributed by atoms with Crippen LogP contribution in [0.5, 0.6) is 5.75 Å². The molecule has 0 unspecified atom stereocenters. The molecule has 0 saturated heterocycles. The van der Waals surface area contributed by atoms with Crippen molar-refractivity contribution in [2.75, 3.05) is 13.2 Å². The molecule has 0 saturated carbocycles. The number of benzene rings is 1. The fourth-order valence-corrected chi connectivity index (χ4v) is 3.86. The molecule has 0 spiro atoms. The van der Waals surface area contributed by atoms with E-state index in [0.29, 0.717) is 31.4 Å². The van der Waals surface area contributed by atoms with Crippen molar-refractivity contribution in [3.8, 4) is 17.2 Å². The maximum Gasteiger partial charge on any atom is 0.247 e. The summed E-state index contributed by atoms with van der Waals surface area (Å²) in [5.74, 6) is 1.91. The van der Waals surface area contributed by atoms with Crippen LogP contribution in [0.2, 0.25) is 0 Å². The number of nitrogens with zero attached hydrogens (tertiary/aromatic N) is 2. The first-order chi connectivity index (χ1) is 16.2. The summed E-state index contributed by atoms with van der Waals surface area (Å²) < 4.78 is 11.1. The molecular formula is C27H43N3O3. The molecule has 1 amide bonds. The molecule has 184 valence electrons. The molecule has 0 aliphatic rings. The molecular weight excluding hydrogens is 414 g/mol. The van der Waals surface area contributed by atoms with Crippen molar-refractivity contribution < 1.29 is 13.9 Å². The van der Waals surface area contributed by atoms with Gasteiger partial charge in [-0.3, -0.25) is 4.79 Å². The van der Waals surface area contributed by atoms with E-state index in [0.717, 1.165) is 24.2 Å². The number of hydrogen-bond acceptors (Lipinski definition) is 5. The van der Waals surface area contributed by atoms with Crippen LogP contribution < -0.4 is 10.1 Å². The number of carbonyl (C=O) groups excluding carboxylic acids is 1. The number of aryl methyl sites for hydroxylation is 1. The third-order valence-electron chi connectivity index (χ3n) is 5.83. The molecule has 1 heterocycles. The highest BCUT2D eigenvalue weighted by Gasteiger charge is 2.06. The largest absolute Gasteiger partial charge is 0.492 e. The Morgan fingerprint density at radius 3 is 1.97 bits per heavy atom. The van der Waals surface area contributed by atoms with Gasteiger partial charge in [-0.1, -0.05) is 84.0 Å². The van der Waals surface area contributed by atoms with Gasteiger partial charge in [-0.15, -0.1) is 10.2 Å². The van der Waals surface area contributed by atoms with Gasteiger partial charge in [-0.05, 0) is 30.7 Å². The van der Waals surface area contributed by atoms with Crippen LogP contribution in [0.4, 0.5) is 0 Å². The molecule has 0 radical (unpaired) electrons. The summed E-state index contributed by atoms with van der Waals surface area (Å²) in [6.45, 7) is 5.00. The molecule has 0 aliphatic heterocycles. The van der Waals surface area contributed by atoms with Crippen molar-refractivity contribution in [3.05, 3.63) is 30.2 Å². The molecule has 0 atom stereocenters. The molecule has 1 aromatic carbocycles. The third-order valence-corrected chi connectivity index (χ3v) is 5.83. The van der Waals surface area contributed by atoms with Gasteiger partial charge in [0.15, 0.2) is 0 Å². The van der Waals surface area contributed by atoms with Crippen molar-refractivity contribution >= 4 is 5.91 Å². The fraction of sp³-hybridized carbons (Fsp3) is 0.667. The van der Waals surface area contributed by atoms with E-state index in [9.17, 15) is 4.79 Å². The molecule has 0 bridgehead atoms. The van der Waals surface area contributed by atoms with Gasteiger partial charge in [0.05, 0.1) is 6.54 Å². The monoisotopic (exact) mass is 457 g/mol. The summed E-state index contributed by atoms with van der Waals surface area (Å²) in [6, 6.07) is 7.50. The van der Waals surface area contributed by atoms with Crippen LogP contribution >= 0.6 is 0 Å². The molecule has 0 fully saturated rings. The quantitative estimate of drug-likeness (QED) is 0.229. The molecule has 6 heteroatoms. The number of rotatable bonds is 19. The zero-order valence-electron chi connectivity index (χ0n) is 20.7. The first kappa shape index (κ1) is 26.9. The van der Waals surface area contributed by atoms with Gasteiger partial charge in [-0.2, -0.15) is 0 Å². The first-order valence-electron chi connectivity index (χ1n) is 13.0. The minimum Gasteiger partial charge on any atom is -0.492 e. The fourth-order valence-electron chi connectivity index (χ4n) is 3.86. The SMILES string of the molecule is CCCCCCCCCCCCCCCC(=O)NCCOc1ccc(-c2nnc(C)o2)cc1. The summed E-state index contributed by atoms with van der Waals surface area (Å²) in [5, 5.41) is 10.8. The second-order valence-corrected chi connectivity index (χ2v) is 8.84. The van der Waals surface area contributed by atoms with Crippen LogP contribution in [0.1, 0.15) is 103 Å². The van der Waals surface area contributed by atoms with Crippen LogP contribution in [-0.2, 0) is 4.79 Å². The van der Waals surface area contributed by atoms with Crippen molar-refractivity contribution in [1.82, 2.24) is 15.5 Å². The number of aromatic nitrogens is 2. The number of nitrogens with one attached hydrogen (secondary N) is 1. The highest BCUT2D eigenvalue weighted by Crippen LogP contribution is 2.21. The Morgan fingerprint density at radius 2 is 1.42 bits per heavy atom. The molecule has 2 rings (SSSR count). The average Bonchev–Trinajstić information content (AvgIpc) is 3.26. The lowest BCUT2D eigenvalue weighted by molar-refractivity contribution is -0.121. The van der Waals surface area contributed by atoms with E-state index < -0.39 is 0 Å². The second kappa shape index (κ2) is 17.2. The van der Waals surface area contributed by atoms with Crippen LogP contribution in [-0.4, -0.2) is 29.3 Å². The Labute approximate surface area is 199 Å². The highest BCUT2D eigenvalue weighted by molar-refractivity contribution is 5.75. The summed E-state index contributed by atoms with van der Waals surface area (Å²) in [7, 11) is 0. The topological polar surface area (TPSA) is 77.2 Å². The number of amides is 1. The van der Waals surface area contributed by atoms with Crippen molar-refractivity contribution in [2.24, 2.45) is 0 Å². The summed E-state index contributed by atoms with van der Waals surface area (Å²) in [4.78, 5) is 12.0. The zero-order valence-corrected chi connectivity index (χ0v) is 20.7. The lowest BCUT2D eigenvalue weighted by Gasteiger charge is -2.08. The molecule has 6 nitrogen and oxygen atoms in total. The van der Waals surface area contributed by atoms with Crippen LogP contribution in [0.15, 0.2) is 28.7 Å². The number of carbonyl (C=O) groups is 1. The van der Waals surface area contributed by atoms with Crippen LogP contribution in [0.25, 0.3) is 11.5 Å². The molecule has 33 heavy (non-hydrogen) atoms. The number of ether oxygens (including phenoxy) is 1. The highest BCUT2D eigenvalue weighted by atomic mass is 16.5. The molecule has 0 aliphatic carbocycles. The van der Waals surface area contributed by atoms with E-state index in [1.54, 1.807) is 6.92 Å². The smallest absolute Gasteiger partial charge is 0.247 e. The van der Waals surface area contributed by atoms with Crippen molar-refractivity contribution in [2.45, 2.75) is 104 Å². The van der Waals surface area contributed by atoms with Crippen molar-refractivity contribution in [3.63, 3.8) is 0 Å². The Morgan fingerprint density at radius 1 is 0.848 bits per heavy atom. The van der Waals surface area contributed by atoms with Gasteiger partial charge in [-0.25, -0.2) is 0 Å². The van der Waals surface area contributed by atoms with Gasteiger partial charge in [0.25, 0.3) is 0 Å². The predicted molar refractivity (Wildman–Crippen MR) is 133 cm³/mol. The number of hydrogen-bond donors (Lipinski definition) is 1. The molecule has 1 N–H and O–H groups in total. The molecule has 2 aromatic rings.